The standard InChI is InChI=1S/C12H12ClNO/c1-8(2)9-4-3-5-10(6-9)11-7-14-12(13)15-11/h3-8H,1-2H3. The van der Waals surface area contributed by atoms with Gasteiger partial charge in [0, 0.05) is 5.56 Å². The van der Waals surface area contributed by atoms with Gasteiger partial charge in [0.25, 0.3) is 5.35 Å². The summed E-state index contributed by atoms with van der Waals surface area (Å²) >= 11 is 5.63. The first-order valence-electron chi connectivity index (χ1n) is 4.88. The summed E-state index contributed by atoms with van der Waals surface area (Å²) in [5.41, 5.74) is 2.29. The fraction of sp³-hybridized carbons (Fsp3) is 0.250. The number of aromatic nitrogens is 1. The van der Waals surface area contributed by atoms with Gasteiger partial charge in [0.1, 0.15) is 0 Å². The Hall–Kier alpha value is -1.28. The van der Waals surface area contributed by atoms with E-state index in [1.165, 1.54) is 5.56 Å². The molecule has 2 rings (SSSR count). The fourth-order valence-corrected chi connectivity index (χ4v) is 1.57. The van der Waals surface area contributed by atoms with Crippen LogP contribution in [0.1, 0.15) is 25.3 Å². The molecule has 1 heterocycles. The van der Waals surface area contributed by atoms with Crippen LogP contribution in [0.2, 0.25) is 5.35 Å². The Kier molecular flexibility index (Phi) is 2.78. The first kappa shape index (κ1) is 10.2. The maximum Gasteiger partial charge on any atom is 0.292 e. The molecule has 0 spiro atoms. The van der Waals surface area contributed by atoms with Crippen LogP contribution < -0.4 is 0 Å². The number of halogens is 1. The second kappa shape index (κ2) is 4.07. The van der Waals surface area contributed by atoms with Gasteiger partial charge in [-0.2, -0.15) is 0 Å². The zero-order valence-corrected chi connectivity index (χ0v) is 9.45. The van der Waals surface area contributed by atoms with Gasteiger partial charge in [-0.1, -0.05) is 32.0 Å². The van der Waals surface area contributed by atoms with Crippen molar-refractivity contribution in [3.8, 4) is 11.3 Å². The van der Waals surface area contributed by atoms with Crippen LogP contribution in [-0.2, 0) is 0 Å². The summed E-state index contributed by atoms with van der Waals surface area (Å²) in [5, 5.41) is 0.181. The molecule has 1 aromatic heterocycles. The number of hydrogen-bond donors (Lipinski definition) is 0. The molecule has 15 heavy (non-hydrogen) atoms. The van der Waals surface area contributed by atoms with Gasteiger partial charge >= 0.3 is 0 Å². The summed E-state index contributed by atoms with van der Waals surface area (Å²) in [7, 11) is 0. The van der Waals surface area contributed by atoms with E-state index < -0.39 is 0 Å². The predicted octanol–water partition coefficient (Wildman–Crippen LogP) is 4.12. The van der Waals surface area contributed by atoms with Crippen molar-refractivity contribution in [3.05, 3.63) is 41.4 Å². The lowest BCUT2D eigenvalue weighted by molar-refractivity contribution is 0.574. The second-order valence-corrected chi connectivity index (χ2v) is 4.08. The van der Waals surface area contributed by atoms with E-state index in [2.05, 4.69) is 31.0 Å². The highest BCUT2D eigenvalue weighted by atomic mass is 35.5. The van der Waals surface area contributed by atoms with Crippen molar-refractivity contribution in [1.29, 1.82) is 0 Å². The summed E-state index contributed by atoms with van der Waals surface area (Å²) in [6, 6.07) is 8.21. The molecule has 0 saturated heterocycles. The second-order valence-electron chi connectivity index (χ2n) is 3.76. The summed E-state index contributed by atoms with van der Waals surface area (Å²) in [6.07, 6.45) is 1.64. The van der Waals surface area contributed by atoms with E-state index in [0.717, 1.165) is 5.56 Å². The molecule has 0 bridgehead atoms. The maximum absolute atomic E-state index is 5.63. The van der Waals surface area contributed by atoms with E-state index >= 15 is 0 Å². The van der Waals surface area contributed by atoms with Crippen LogP contribution in [0.15, 0.2) is 34.9 Å². The van der Waals surface area contributed by atoms with Crippen LogP contribution >= 0.6 is 11.6 Å². The predicted molar refractivity (Wildman–Crippen MR) is 61.0 cm³/mol. The Bertz CT molecular complexity index is 462. The van der Waals surface area contributed by atoms with Crippen LogP contribution in [0.4, 0.5) is 0 Å². The summed E-state index contributed by atoms with van der Waals surface area (Å²) in [5.74, 6) is 1.21. The molecule has 0 saturated carbocycles. The molecule has 2 nitrogen and oxygen atoms in total. The van der Waals surface area contributed by atoms with E-state index in [1.54, 1.807) is 6.20 Å². The SMILES string of the molecule is CC(C)c1cccc(-c2cnc(Cl)o2)c1. The third kappa shape index (κ3) is 2.21. The Labute approximate surface area is 93.9 Å². The lowest BCUT2D eigenvalue weighted by atomic mass is 10.0. The van der Waals surface area contributed by atoms with Crippen molar-refractivity contribution < 1.29 is 4.42 Å². The summed E-state index contributed by atoms with van der Waals surface area (Å²) in [6.45, 7) is 4.32. The van der Waals surface area contributed by atoms with E-state index in [1.807, 2.05) is 12.1 Å². The van der Waals surface area contributed by atoms with Gasteiger partial charge < -0.3 is 4.42 Å². The van der Waals surface area contributed by atoms with Crippen LogP contribution in [-0.4, -0.2) is 4.98 Å². The number of nitrogens with zero attached hydrogens (tertiary/aromatic N) is 1. The molecule has 1 aromatic carbocycles. The minimum Gasteiger partial charge on any atom is -0.428 e. The van der Waals surface area contributed by atoms with E-state index in [4.69, 9.17) is 16.0 Å². The number of benzene rings is 1. The van der Waals surface area contributed by atoms with Gasteiger partial charge in [-0.15, -0.1) is 0 Å². The minimum absolute atomic E-state index is 0.181. The third-order valence-corrected chi connectivity index (χ3v) is 2.49. The normalized spacial score (nSPS) is 10.9. The molecule has 2 aromatic rings. The van der Waals surface area contributed by atoms with Crippen molar-refractivity contribution in [2.45, 2.75) is 19.8 Å². The minimum atomic E-state index is 0.181. The topological polar surface area (TPSA) is 26.0 Å². The van der Waals surface area contributed by atoms with Gasteiger partial charge in [-0.05, 0) is 29.1 Å². The summed E-state index contributed by atoms with van der Waals surface area (Å²) in [4.78, 5) is 3.87. The largest absolute Gasteiger partial charge is 0.428 e. The number of hydrogen-bond acceptors (Lipinski definition) is 2. The molecule has 0 amide bonds. The smallest absolute Gasteiger partial charge is 0.292 e. The molecule has 0 aliphatic heterocycles. The Morgan fingerprint density at radius 2 is 2.13 bits per heavy atom. The zero-order chi connectivity index (χ0) is 10.8. The molecule has 0 aliphatic carbocycles. The van der Waals surface area contributed by atoms with E-state index in [-0.39, 0.29) is 5.35 Å². The fourth-order valence-electron chi connectivity index (χ4n) is 1.44. The van der Waals surface area contributed by atoms with Crippen molar-refractivity contribution in [2.24, 2.45) is 0 Å². The monoisotopic (exact) mass is 221 g/mol. The average molecular weight is 222 g/mol. The molecule has 0 fully saturated rings. The first-order chi connectivity index (χ1) is 7.16. The van der Waals surface area contributed by atoms with Crippen LogP contribution in [0.3, 0.4) is 0 Å². The molecular formula is C12H12ClNO. The molecule has 0 N–H and O–H groups in total. The van der Waals surface area contributed by atoms with Crippen LogP contribution in [0.25, 0.3) is 11.3 Å². The van der Waals surface area contributed by atoms with Crippen LogP contribution in [0, 0.1) is 0 Å². The van der Waals surface area contributed by atoms with E-state index in [9.17, 15) is 0 Å². The van der Waals surface area contributed by atoms with E-state index in [0.29, 0.717) is 11.7 Å². The average Bonchev–Trinajstić information content (AvgIpc) is 2.65. The zero-order valence-electron chi connectivity index (χ0n) is 8.70. The van der Waals surface area contributed by atoms with Crippen molar-refractivity contribution in [3.63, 3.8) is 0 Å². The summed E-state index contributed by atoms with van der Waals surface area (Å²) < 4.78 is 5.26. The lowest BCUT2D eigenvalue weighted by Gasteiger charge is -2.05. The van der Waals surface area contributed by atoms with Gasteiger partial charge in [0.2, 0.25) is 0 Å². The molecular weight excluding hydrogens is 210 g/mol. The van der Waals surface area contributed by atoms with Crippen molar-refractivity contribution in [2.75, 3.05) is 0 Å². The van der Waals surface area contributed by atoms with Gasteiger partial charge in [-0.3, -0.25) is 0 Å². The third-order valence-electron chi connectivity index (χ3n) is 2.32. The Morgan fingerprint density at radius 3 is 2.73 bits per heavy atom. The quantitative estimate of drug-likeness (QED) is 0.763. The van der Waals surface area contributed by atoms with Gasteiger partial charge in [-0.25, -0.2) is 4.98 Å². The van der Waals surface area contributed by atoms with Gasteiger partial charge in [0.05, 0.1) is 6.20 Å². The number of oxazole rings is 1. The lowest BCUT2D eigenvalue weighted by Crippen LogP contribution is -1.86. The molecule has 0 radical (unpaired) electrons. The van der Waals surface area contributed by atoms with Crippen molar-refractivity contribution >= 4 is 11.6 Å². The maximum atomic E-state index is 5.63. The molecule has 78 valence electrons. The van der Waals surface area contributed by atoms with Crippen molar-refractivity contribution in [1.82, 2.24) is 4.98 Å². The Morgan fingerprint density at radius 1 is 1.33 bits per heavy atom. The van der Waals surface area contributed by atoms with Gasteiger partial charge in [0.15, 0.2) is 5.76 Å². The molecule has 0 unspecified atom stereocenters. The Balaban J connectivity index is 2.41. The van der Waals surface area contributed by atoms with Crippen LogP contribution in [0.5, 0.6) is 0 Å². The highest BCUT2D eigenvalue weighted by Crippen LogP contribution is 2.25. The molecule has 0 atom stereocenters. The highest BCUT2D eigenvalue weighted by Gasteiger charge is 2.06. The number of rotatable bonds is 2. The molecule has 3 heteroatoms. The molecule has 0 aliphatic rings. The highest BCUT2D eigenvalue weighted by molar-refractivity contribution is 6.27. The first-order valence-corrected chi connectivity index (χ1v) is 5.26.